The Morgan fingerprint density at radius 1 is 1.40 bits per heavy atom. The van der Waals surface area contributed by atoms with Gasteiger partial charge in [-0.1, -0.05) is 18.2 Å². The number of halogens is 1. The number of esters is 1. The molecule has 0 aliphatic heterocycles. The number of thioether (sulfide) groups is 1. The molecule has 0 amide bonds. The minimum atomic E-state index is -0.411. The van der Waals surface area contributed by atoms with Crippen LogP contribution in [0.5, 0.6) is 0 Å². The molecule has 0 aromatic heterocycles. The van der Waals surface area contributed by atoms with Crippen molar-refractivity contribution in [2.45, 2.75) is 11.8 Å². The zero-order valence-electron chi connectivity index (χ0n) is 11.3. The van der Waals surface area contributed by atoms with Crippen molar-refractivity contribution in [3.63, 3.8) is 0 Å². The van der Waals surface area contributed by atoms with Gasteiger partial charge in [-0.2, -0.15) is 0 Å². The van der Waals surface area contributed by atoms with Gasteiger partial charge in [0, 0.05) is 10.5 Å². The number of carbonyl (C=O) groups is 1. The zero-order valence-corrected chi connectivity index (χ0v) is 12.1. The van der Waals surface area contributed by atoms with Gasteiger partial charge in [0.15, 0.2) is 0 Å². The normalized spacial score (nSPS) is 10.3. The quantitative estimate of drug-likeness (QED) is 0.623. The number of hydrogen-bond acceptors (Lipinski definition) is 3. The molecule has 2 nitrogen and oxygen atoms in total. The van der Waals surface area contributed by atoms with Crippen LogP contribution in [0.2, 0.25) is 0 Å². The van der Waals surface area contributed by atoms with E-state index in [1.165, 1.54) is 17.8 Å². The Morgan fingerprint density at radius 2 is 2.15 bits per heavy atom. The van der Waals surface area contributed by atoms with Gasteiger partial charge in [-0.25, -0.2) is 9.18 Å². The van der Waals surface area contributed by atoms with Crippen LogP contribution in [-0.2, 0) is 4.74 Å². The second-order valence-electron chi connectivity index (χ2n) is 4.04. The Hall–Kier alpha value is -1.81. The first-order valence-corrected chi connectivity index (χ1v) is 7.41. The molecule has 0 atom stereocenters. The molecule has 0 saturated heterocycles. The first-order chi connectivity index (χ1) is 9.67. The predicted octanol–water partition coefficient (Wildman–Crippen LogP) is 4.19. The third-order valence-corrected chi connectivity index (χ3v) is 3.53. The van der Waals surface area contributed by atoms with Crippen LogP contribution in [0, 0.1) is 11.9 Å². The van der Waals surface area contributed by atoms with Crippen molar-refractivity contribution in [1.82, 2.24) is 0 Å². The zero-order chi connectivity index (χ0) is 14.5. The van der Waals surface area contributed by atoms with Gasteiger partial charge in [0.25, 0.3) is 0 Å². The van der Waals surface area contributed by atoms with Crippen LogP contribution in [0.15, 0.2) is 41.3 Å². The number of benzene rings is 2. The Morgan fingerprint density at radius 3 is 2.80 bits per heavy atom. The lowest BCUT2D eigenvalue weighted by Gasteiger charge is -2.09. The molecular formula is C16H14FO2S. The lowest BCUT2D eigenvalue weighted by atomic mass is 10.0. The standard InChI is InChI=1S/C16H14FO2S/c1-3-19-16(18)13-10-11(8-9-15(13)20-2)12-6-4-5-7-14(12)17/h4-8,10H,3H2,1-2H3. The summed E-state index contributed by atoms with van der Waals surface area (Å²) in [6.45, 7) is 2.05. The number of rotatable bonds is 4. The number of hydrogen-bond donors (Lipinski definition) is 0. The van der Waals surface area contributed by atoms with Crippen molar-refractivity contribution in [1.29, 1.82) is 0 Å². The van der Waals surface area contributed by atoms with Crippen molar-refractivity contribution >= 4 is 17.7 Å². The summed E-state index contributed by atoms with van der Waals surface area (Å²) in [7, 11) is 0. The molecule has 0 heterocycles. The molecule has 1 radical (unpaired) electrons. The van der Waals surface area contributed by atoms with Crippen molar-refractivity contribution < 1.29 is 13.9 Å². The van der Waals surface area contributed by atoms with E-state index in [2.05, 4.69) is 6.07 Å². The van der Waals surface area contributed by atoms with E-state index in [0.717, 1.165) is 0 Å². The molecule has 2 rings (SSSR count). The summed E-state index contributed by atoms with van der Waals surface area (Å²) in [5.41, 5.74) is 1.48. The highest BCUT2D eigenvalue weighted by molar-refractivity contribution is 7.98. The highest BCUT2D eigenvalue weighted by Gasteiger charge is 2.15. The first kappa shape index (κ1) is 14.6. The maximum atomic E-state index is 13.8. The van der Waals surface area contributed by atoms with E-state index in [0.29, 0.717) is 28.2 Å². The monoisotopic (exact) mass is 289 g/mol. The minimum Gasteiger partial charge on any atom is -0.462 e. The largest absolute Gasteiger partial charge is 0.462 e. The Bertz CT molecular complexity index is 626. The van der Waals surface area contributed by atoms with Crippen molar-refractivity contribution in [3.8, 4) is 11.1 Å². The van der Waals surface area contributed by atoms with Gasteiger partial charge in [0.2, 0.25) is 0 Å². The van der Waals surface area contributed by atoms with E-state index in [9.17, 15) is 9.18 Å². The molecule has 0 aliphatic rings. The van der Waals surface area contributed by atoms with Crippen LogP contribution in [0.4, 0.5) is 4.39 Å². The van der Waals surface area contributed by atoms with Gasteiger partial charge >= 0.3 is 5.97 Å². The van der Waals surface area contributed by atoms with Crippen LogP contribution in [-0.4, -0.2) is 18.8 Å². The van der Waals surface area contributed by atoms with E-state index in [1.54, 1.807) is 37.3 Å². The third-order valence-electron chi connectivity index (χ3n) is 2.79. The molecule has 0 aliphatic carbocycles. The summed E-state index contributed by atoms with van der Waals surface area (Å²) < 4.78 is 18.8. The lowest BCUT2D eigenvalue weighted by molar-refractivity contribution is 0.0522. The van der Waals surface area contributed by atoms with Crippen molar-refractivity contribution in [2.24, 2.45) is 0 Å². The summed E-state index contributed by atoms with van der Waals surface area (Å²) >= 11 is 1.41. The van der Waals surface area contributed by atoms with Crippen LogP contribution >= 0.6 is 11.8 Å². The maximum absolute atomic E-state index is 13.8. The molecule has 0 bridgehead atoms. The van der Waals surface area contributed by atoms with Crippen LogP contribution in [0.3, 0.4) is 0 Å². The average Bonchev–Trinajstić information content (AvgIpc) is 2.47. The molecule has 103 valence electrons. The molecule has 20 heavy (non-hydrogen) atoms. The van der Waals surface area contributed by atoms with E-state index in [1.807, 2.05) is 6.26 Å². The summed E-state index contributed by atoms with van der Waals surface area (Å²) in [5, 5.41) is 0. The molecule has 0 spiro atoms. The highest BCUT2D eigenvalue weighted by atomic mass is 32.2. The van der Waals surface area contributed by atoms with Gasteiger partial charge in [-0.3, -0.25) is 0 Å². The molecule has 4 heteroatoms. The van der Waals surface area contributed by atoms with Gasteiger partial charge in [0.1, 0.15) is 5.82 Å². The Balaban J connectivity index is 2.50. The molecule has 0 unspecified atom stereocenters. The summed E-state index contributed by atoms with van der Waals surface area (Å²) in [5.74, 6) is -0.737. The molecule has 2 aromatic carbocycles. The first-order valence-electron chi connectivity index (χ1n) is 6.19. The Labute approximate surface area is 122 Å². The van der Waals surface area contributed by atoms with Crippen molar-refractivity contribution in [2.75, 3.05) is 12.9 Å². The summed E-state index contributed by atoms with van der Waals surface area (Å²) in [6.07, 6.45) is 1.86. The summed E-state index contributed by atoms with van der Waals surface area (Å²) in [6, 6.07) is 12.8. The van der Waals surface area contributed by atoms with E-state index in [4.69, 9.17) is 4.74 Å². The second kappa shape index (κ2) is 6.57. The van der Waals surface area contributed by atoms with E-state index >= 15 is 0 Å². The number of ether oxygens (including phenoxy) is 1. The smallest absolute Gasteiger partial charge is 0.339 e. The number of carbonyl (C=O) groups excluding carboxylic acids is 1. The fourth-order valence-electron chi connectivity index (χ4n) is 1.86. The minimum absolute atomic E-state index is 0.302. The molecule has 0 N–H and O–H groups in total. The van der Waals surface area contributed by atoms with Crippen molar-refractivity contribution in [3.05, 3.63) is 53.8 Å². The Kier molecular flexibility index (Phi) is 4.79. The van der Waals surface area contributed by atoms with Gasteiger partial charge in [0.05, 0.1) is 12.2 Å². The second-order valence-corrected chi connectivity index (χ2v) is 4.85. The van der Waals surface area contributed by atoms with E-state index in [-0.39, 0.29) is 5.82 Å². The molecule has 0 saturated carbocycles. The van der Waals surface area contributed by atoms with Gasteiger partial charge in [-0.15, -0.1) is 11.8 Å². The molecular weight excluding hydrogens is 275 g/mol. The highest BCUT2D eigenvalue weighted by Crippen LogP contribution is 2.28. The SMILES string of the molecule is CCOC(=O)c1cc(-c2ccccc2F)c[c]c1SC. The predicted molar refractivity (Wildman–Crippen MR) is 78.4 cm³/mol. The molecule has 2 aromatic rings. The fourth-order valence-corrected chi connectivity index (χ4v) is 2.40. The maximum Gasteiger partial charge on any atom is 0.339 e. The van der Waals surface area contributed by atoms with Crippen LogP contribution < -0.4 is 0 Å². The molecule has 0 fully saturated rings. The van der Waals surface area contributed by atoms with Gasteiger partial charge < -0.3 is 4.74 Å². The average molecular weight is 289 g/mol. The van der Waals surface area contributed by atoms with Crippen LogP contribution in [0.1, 0.15) is 17.3 Å². The summed E-state index contributed by atoms with van der Waals surface area (Å²) in [4.78, 5) is 12.6. The van der Waals surface area contributed by atoms with Gasteiger partial charge in [-0.05, 0) is 43.0 Å². The fraction of sp³-hybridized carbons (Fsp3) is 0.188. The third kappa shape index (κ3) is 3.02. The lowest BCUT2D eigenvalue weighted by Crippen LogP contribution is -2.06. The topological polar surface area (TPSA) is 26.3 Å². The van der Waals surface area contributed by atoms with E-state index < -0.39 is 5.97 Å². The van der Waals surface area contributed by atoms with Crippen LogP contribution in [0.25, 0.3) is 11.1 Å².